The van der Waals surface area contributed by atoms with Gasteiger partial charge in [0.2, 0.25) is 0 Å². The van der Waals surface area contributed by atoms with Crippen molar-refractivity contribution >= 4 is 5.84 Å². The number of hydrogen-bond donors (Lipinski definition) is 3. The Morgan fingerprint density at radius 3 is 2.76 bits per heavy atom. The van der Waals surface area contributed by atoms with Crippen LogP contribution < -0.4 is 11.1 Å². The summed E-state index contributed by atoms with van der Waals surface area (Å²) >= 11 is 0. The molecule has 1 aromatic rings. The summed E-state index contributed by atoms with van der Waals surface area (Å²) in [6.07, 6.45) is 3.60. The molecular formula is C16H26N4O. The van der Waals surface area contributed by atoms with Crippen LogP contribution in [0.15, 0.2) is 29.4 Å². The first-order chi connectivity index (χ1) is 10.2. The average Bonchev–Trinajstić information content (AvgIpc) is 2.54. The lowest BCUT2D eigenvalue weighted by molar-refractivity contribution is 0.197. The van der Waals surface area contributed by atoms with Crippen LogP contribution in [0.3, 0.4) is 0 Å². The summed E-state index contributed by atoms with van der Waals surface area (Å²) in [5.74, 6) is 0.171. The minimum absolute atomic E-state index is 0.171. The van der Waals surface area contributed by atoms with E-state index in [1.54, 1.807) is 0 Å². The predicted octanol–water partition coefficient (Wildman–Crippen LogP) is 1.75. The largest absolute Gasteiger partial charge is 0.409 e. The summed E-state index contributed by atoms with van der Waals surface area (Å²) in [5, 5.41) is 15.6. The molecule has 0 radical (unpaired) electrons. The fourth-order valence-electron chi connectivity index (χ4n) is 2.91. The van der Waals surface area contributed by atoms with Gasteiger partial charge < -0.3 is 21.2 Å². The predicted molar refractivity (Wildman–Crippen MR) is 85.5 cm³/mol. The smallest absolute Gasteiger partial charge is 0.170 e. The van der Waals surface area contributed by atoms with Crippen LogP contribution in [0.5, 0.6) is 0 Å². The summed E-state index contributed by atoms with van der Waals surface area (Å²) in [6.45, 7) is 6.54. The Balaban J connectivity index is 1.87. The molecular weight excluding hydrogens is 264 g/mol. The number of likely N-dealkylation sites (tertiary alicyclic amines) is 1. The highest BCUT2D eigenvalue weighted by molar-refractivity contribution is 5.98. The van der Waals surface area contributed by atoms with Crippen LogP contribution in [0, 0.1) is 0 Å². The molecule has 1 aromatic carbocycles. The first-order valence-corrected chi connectivity index (χ1v) is 7.76. The molecule has 116 valence electrons. The maximum atomic E-state index is 8.85. The fourth-order valence-corrected chi connectivity index (χ4v) is 2.91. The molecule has 0 atom stereocenters. The van der Waals surface area contributed by atoms with Gasteiger partial charge in [-0.3, -0.25) is 0 Å². The van der Waals surface area contributed by atoms with Gasteiger partial charge in [-0.25, -0.2) is 0 Å². The second kappa shape index (κ2) is 8.00. The Labute approximate surface area is 126 Å². The minimum Gasteiger partial charge on any atom is -0.409 e. The van der Waals surface area contributed by atoms with E-state index < -0.39 is 0 Å². The monoisotopic (exact) mass is 290 g/mol. The van der Waals surface area contributed by atoms with Crippen molar-refractivity contribution in [3.8, 4) is 0 Å². The van der Waals surface area contributed by atoms with Crippen molar-refractivity contribution in [3.63, 3.8) is 0 Å². The van der Waals surface area contributed by atoms with E-state index in [0.717, 1.165) is 17.7 Å². The lowest BCUT2D eigenvalue weighted by atomic mass is 10.0. The molecule has 0 aromatic heterocycles. The van der Waals surface area contributed by atoms with Crippen molar-refractivity contribution in [1.82, 2.24) is 10.2 Å². The quantitative estimate of drug-likeness (QED) is 0.323. The average molecular weight is 290 g/mol. The molecule has 5 nitrogen and oxygen atoms in total. The van der Waals surface area contributed by atoms with Gasteiger partial charge in [-0.05, 0) is 44.5 Å². The summed E-state index contributed by atoms with van der Waals surface area (Å²) in [5.41, 5.74) is 7.60. The minimum atomic E-state index is 0.171. The van der Waals surface area contributed by atoms with E-state index in [2.05, 4.69) is 22.3 Å². The van der Waals surface area contributed by atoms with Crippen molar-refractivity contribution in [3.05, 3.63) is 35.4 Å². The number of hydrogen-bond acceptors (Lipinski definition) is 4. The van der Waals surface area contributed by atoms with Crippen molar-refractivity contribution in [2.75, 3.05) is 19.6 Å². The molecule has 0 bridgehead atoms. The van der Waals surface area contributed by atoms with E-state index in [9.17, 15) is 0 Å². The zero-order valence-electron chi connectivity index (χ0n) is 12.8. The zero-order chi connectivity index (χ0) is 15.1. The lowest BCUT2D eigenvalue weighted by Gasteiger charge is -2.32. The second-order valence-corrected chi connectivity index (χ2v) is 5.64. The standard InChI is InChI=1S/C16H26N4O/c1-2-9-20-10-7-14(8-11-20)18-12-13-5-3-4-6-15(13)16(17)19-21/h3-6,14,18,21H,2,7-12H2,1H3,(H2,17,19). The van der Waals surface area contributed by atoms with Gasteiger partial charge in [0.1, 0.15) is 0 Å². The van der Waals surface area contributed by atoms with Crippen LogP contribution in [0.1, 0.15) is 37.3 Å². The van der Waals surface area contributed by atoms with Gasteiger partial charge in [0.15, 0.2) is 5.84 Å². The van der Waals surface area contributed by atoms with E-state index >= 15 is 0 Å². The maximum absolute atomic E-state index is 8.85. The number of nitrogens with one attached hydrogen (secondary N) is 1. The number of oxime groups is 1. The molecule has 1 aliphatic heterocycles. The fraction of sp³-hybridized carbons (Fsp3) is 0.562. The second-order valence-electron chi connectivity index (χ2n) is 5.64. The maximum Gasteiger partial charge on any atom is 0.170 e. The van der Waals surface area contributed by atoms with Crippen LogP contribution >= 0.6 is 0 Å². The van der Waals surface area contributed by atoms with Gasteiger partial charge in [-0.1, -0.05) is 36.3 Å². The first-order valence-electron chi connectivity index (χ1n) is 7.76. The van der Waals surface area contributed by atoms with Gasteiger partial charge in [0, 0.05) is 18.2 Å². The first kappa shape index (κ1) is 15.8. The summed E-state index contributed by atoms with van der Waals surface area (Å²) < 4.78 is 0. The van der Waals surface area contributed by atoms with Crippen LogP contribution in [-0.2, 0) is 6.54 Å². The SMILES string of the molecule is CCCN1CCC(NCc2ccccc2C(N)=NO)CC1. The number of piperidine rings is 1. The van der Waals surface area contributed by atoms with Crippen LogP contribution in [0.25, 0.3) is 0 Å². The van der Waals surface area contributed by atoms with Gasteiger partial charge in [-0.2, -0.15) is 0 Å². The summed E-state index contributed by atoms with van der Waals surface area (Å²) in [7, 11) is 0. The number of amidine groups is 1. The highest BCUT2D eigenvalue weighted by atomic mass is 16.4. The molecule has 1 saturated heterocycles. The zero-order valence-corrected chi connectivity index (χ0v) is 12.8. The Morgan fingerprint density at radius 2 is 2.10 bits per heavy atom. The lowest BCUT2D eigenvalue weighted by Crippen LogP contribution is -2.42. The molecule has 0 unspecified atom stereocenters. The normalized spacial score (nSPS) is 18.0. The van der Waals surface area contributed by atoms with Crippen molar-refractivity contribution in [2.45, 2.75) is 38.8 Å². The molecule has 0 saturated carbocycles. The van der Waals surface area contributed by atoms with Crippen molar-refractivity contribution in [2.24, 2.45) is 10.9 Å². The van der Waals surface area contributed by atoms with E-state index in [1.807, 2.05) is 24.3 Å². The summed E-state index contributed by atoms with van der Waals surface area (Å²) in [6, 6.07) is 8.34. The van der Waals surface area contributed by atoms with E-state index in [1.165, 1.54) is 38.9 Å². The third-order valence-electron chi connectivity index (χ3n) is 4.11. The summed E-state index contributed by atoms with van der Waals surface area (Å²) in [4.78, 5) is 2.53. The number of nitrogens with two attached hydrogens (primary N) is 1. The van der Waals surface area contributed by atoms with Gasteiger partial charge in [0.05, 0.1) is 0 Å². The van der Waals surface area contributed by atoms with Crippen LogP contribution in [0.2, 0.25) is 0 Å². The van der Waals surface area contributed by atoms with Gasteiger partial charge in [-0.15, -0.1) is 0 Å². The molecule has 0 aliphatic carbocycles. The van der Waals surface area contributed by atoms with E-state index in [0.29, 0.717) is 6.04 Å². The number of rotatable bonds is 6. The van der Waals surface area contributed by atoms with Crippen LogP contribution in [-0.4, -0.2) is 41.6 Å². The molecule has 0 spiro atoms. The molecule has 2 rings (SSSR count). The third-order valence-corrected chi connectivity index (χ3v) is 4.11. The van der Waals surface area contributed by atoms with Gasteiger partial charge in [0.25, 0.3) is 0 Å². The highest BCUT2D eigenvalue weighted by Gasteiger charge is 2.18. The van der Waals surface area contributed by atoms with Crippen molar-refractivity contribution < 1.29 is 5.21 Å². The molecule has 1 fully saturated rings. The Hall–Kier alpha value is -1.59. The Bertz CT molecular complexity index is 467. The highest BCUT2D eigenvalue weighted by Crippen LogP contribution is 2.13. The molecule has 4 N–H and O–H groups in total. The molecule has 5 heteroatoms. The Morgan fingerprint density at radius 1 is 1.38 bits per heavy atom. The van der Waals surface area contributed by atoms with Crippen LogP contribution in [0.4, 0.5) is 0 Å². The Kier molecular flexibility index (Phi) is 6.02. The molecule has 21 heavy (non-hydrogen) atoms. The van der Waals surface area contributed by atoms with Gasteiger partial charge >= 0.3 is 0 Å². The number of benzene rings is 1. The molecule has 0 amide bonds. The molecule has 1 heterocycles. The van der Waals surface area contributed by atoms with E-state index in [-0.39, 0.29) is 5.84 Å². The van der Waals surface area contributed by atoms with Crippen molar-refractivity contribution in [1.29, 1.82) is 0 Å². The number of nitrogens with zero attached hydrogens (tertiary/aromatic N) is 2. The molecule has 1 aliphatic rings. The van der Waals surface area contributed by atoms with E-state index in [4.69, 9.17) is 10.9 Å². The third kappa shape index (κ3) is 4.44. The topological polar surface area (TPSA) is 73.9 Å².